The second kappa shape index (κ2) is 11.1. The van der Waals surface area contributed by atoms with E-state index in [4.69, 9.17) is 14.5 Å². The van der Waals surface area contributed by atoms with Gasteiger partial charge in [0.15, 0.2) is 0 Å². The summed E-state index contributed by atoms with van der Waals surface area (Å²) in [6.45, 7) is 4.33. The molecule has 0 amide bonds. The zero-order valence-corrected chi connectivity index (χ0v) is 17.9. The van der Waals surface area contributed by atoms with E-state index in [0.717, 1.165) is 24.3 Å². The number of allylic oxidation sites excluding steroid dienone is 1. The number of rotatable bonds is 9. The summed E-state index contributed by atoms with van der Waals surface area (Å²) in [5.74, 6) is 1.88. The minimum absolute atomic E-state index is 0.527. The van der Waals surface area contributed by atoms with Gasteiger partial charge in [-0.3, -0.25) is 4.99 Å². The highest BCUT2D eigenvalue weighted by atomic mass is 31.1. The molecule has 2 aromatic carbocycles. The average molecular weight is 387 g/mol. The van der Waals surface area contributed by atoms with Crippen LogP contribution >= 0.6 is 17.2 Å². The molecular weight excluding hydrogens is 360 g/mol. The first kappa shape index (κ1) is 20.6. The molecule has 26 heavy (non-hydrogen) atoms. The Hall–Kier alpha value is -1.69. The van der Waals surface area contributed by atoms with Gasteiger partial charge >= 0.3 is 0 Å². The van der Waals surface area contributed by atoms with E-state index in [1.165, 1.54) is 21.4 Å². The highest BCUT2D eigenvalue weighted by Gasteiger charge is 2.06. The monoisotopic (exact) mass is 387 g/mol. The number of benzene rings is 2. The molecule has 0 aliphatic heterocycles. The number of ether oxygens (including phenoxy) is 2. The highest BCUT2D eigenvalue weighted by Crippen LogP contribution is 2.30. The van der Waals surface area contributed by atoms with Crippen molar-refractivity contribution in [1.82, 2.24) is 0 Å². The number of hydrogen-bond acceptors (Lipinski definition) is 3. The summed E-state index contributed by atoms with van der Waals surface area (Å²) >= 11 is 0. The van der Waals surface area contributed by atoms with Crippen LogP contribution in [0.3, 0.4) is 0 Å². The third-order valence-corrected chi connectivity index (χ3v) is 6.82. The topological polar surface area (TPSA) is 30.8 Å². The molecule has 0 bridgehead atoms. The Morgan fingerprint density at radius 3 is 1.88 bits per heavy atom. The lowest BCUT2D eigenvalue weighted by Gasteiger charge is -2.10. The lowest BCUT2D eigenvalue weighted by molar-refractivity contribution is 0.418. The quantitative estimate of drug-likeness (QED) is 0.444. The Balaban J connectivity index is 2.18. The van der Waals surface area contributed by atoms with Gasteiger partial charge in [0.1, 0.15) is 11.5 Å². The number of methoxy groups -OCH3 is 2. The molecule has 2 rings (SSSR count). The van der Waals surface area contributed by atoms with Crippen LogP contribution < -0.4 is 20.1 Å². The minimum atomic E-state index is 0.527. The summed E-state index contributed by atoms with van der Waals surface area (Å²) in [5.41, 5.74) is 1.19. The van der Waals surface area contributed by atoms with E-state index in [1.807, 2.05) is 30.5 Å². The SMILES string of the molecule is CCC(=N/C=C(/CC)Pc1ccccc1OC)Pc1ccccc1OC. The third kappa shape index (κ3) is 5.94. The van der Waals surface area contributed by atoms with Gasteiger partial charge in [-0.2, -0.15) is 0 Å². The molecule has 0 radical (unpaired) electrons. The molecule has 2 aromatic rings. The van der Waals surface area contributed by atoms with Gasteiger partial charge in [0, 0.05) is 22.3 Å². The van der Waals surface area contributed by atoms with E-state index in [-0.39, 0.29) is 0 Å². The van der Waals surface area contributed by atoms with Crippen LogP contribution in [-0.4, -0.2) is 19.7 Å². The Morgan fingerprint density at radius 1 is 0.846 bits per heavy atom. The van der Waals surface area contributed by atoms with Crippen LogP contribution in [0.15, 0.2) is 65.0 Å². The summed E-state index contributed by atoms with van der Waals surface area (Å²) in [6.07, 6.45) is 3.96. The molecule has 2 unspecified atom stereocenters. The van der Waals surface area contributed by atoms with Crippen molar-refractivity contribution < 1.29 is 9.47 Å². The lowest BCUT2D eigenvalue weighted by atomic mass is 10.3. The predicted octanol–water partition coefficient (Wildman–Crippen LogP) is 5.07. The molecule has 2 atom stereocenters. The maximum Gasteiger partial charge on any atom is 0.126 e. The van der Waals surface area contributed by atoms with Crippen molar-refractivity contribution in [2.24, 2.45) is 4.99 Å². The van der Waals surface area contributed by atoms with Gasteiger partial charge in [-0.15, -0.1) is 0 Å². The van der Waals surface area contributed by atoms with Gasteiger partial charge in [-0.25, -0.2) is 0 Å². The van der Waals surface area contributed by atoms with Crippen molar-refractivity contribution in [2.45, 2.75) is 26.7 Å². The molecule has 138 valence electrons. The third-order valence-electron chi connectivity index (χ3n) is 3.88. The second-order valence-corrected chi connectivity index (χ2v) is 8.38. The average Bonchev–Trinajstić information content (AvgIpc) is 2.70. The lowest BCUT2D eigenvalue weighted by Crippen LogP contribution is -2.04. The normalized spacial score (nSPS) is 13.1. The fraction of sp³-hybridized carbons (Fsp3) is 0.286. The molecule has 0 spiro atoms. The van der Waals surface area contributed by atoms with Crippen molar-refractivity contribution in [3.63, 3.8) is 0 Å². The van der Waals surface area contributed by atoms with Gasteiger partial charge in [0.2, 0.25) is 0 Å². The van der Waals surface area contributed by atoms with Crippen LogP contribution in [0, 0.1) is 0 Å². The van der Waals surface area contributed by atoms with Gasteiger partial charge in [0.25, 0.3) is 0 Å². The molecule has 0 saturated carbocycles. The van der Waals surface area contributed by atoms with Crippen LogP contribution in [0.5, 0.6) is 11.5 Å². The van der Waals surface area contributed by atoms with Crippen molar-refractivity contribution >= 4 is 33.2 Å². The molecule has 5 heteroatoms. The smallest absolute Gasteiger partial charge is 0.126 e. The van der Waals surface area contributed by atoms with Crippen LogP contribution in [-0.2, 0) is 0 Å². The largest absolute Gasteiger partial charge is 0.496 e. The van der Waals surface area contributed by atoms with Crippen molar-refractivity contribution in [3.8, 4) is 11.5 Å². The Bertz CT molecular complexity index is 707. The van der Waals surface area contributed by atoms with E-state index in [2.05, 4.69) is 38.1 Å². The number of para-hydroxylation sites is 2. The van der Waals surface area contributed by atoms with Gasteiger partial charge in [0.05, 0.1) is 14.2 Å². The summed E-state index contributed by atoms with van der Waals surface area (Å²) in [7, 11) is 4.54. The summed E-state index contributed by atoms with van der Waals surface area (Å²) in [6, 6.07) is 16.4. The number of aliphatic imine (C=N–C) groups is 1. The van der Waals surface area contributed by atoms with E-state index in [9.17, 15) is 0 Å². The predicted molar refractivity (Wildman–Crippen MR) is 118 cm³/mol. The van der Waals surface area contributed by atoms with Crippen LogP contribution in [0.2, 0.25) is 0 Å². The molecule has 3 nitrogen and oxygen atoms in total. The van der Waals surface area contributed by atoms with Crippen molar-refractivity contribution in [1.29, 1.82) is 0 Å². The van der Waals surface area contributed by atoms with Crippen LogP contribution in [0.25, 0.3) is 0 Å². The standard InChI is InChI=1S/C21H27NO2P2/c1-5-16(25-19-13-9-7-11-17(19)23-3)15-22-21(6-2)26-20-14-10-8-12-18(20)24-4/h7-15,25-26H,5-6H2,1-4H3/b16-15-,22-21?. The summed E-state index contributed by atoms with van der Waals surface area (Å²) in [4.78, 5) is 4.81. The van der Waals surface area contributed by atoms with E-state index in [1.54, 1.807) is 14.2 Å². The van der Waals surface area contributed by atoms with Crippen LogP contribution in [0.1, 0.15) is 26.7 Å². The summed E-state index contributed by atoms with van der Waals surface area (Å²) < 4.78 is 10.9. The molecular formula is C21H27NO2P2. The maximum atomic E-state index is 5.47. The first-order valence-electron chi connectivity index (χ1n) is 8.77. The molecule has 0 aromatic heterocycles. The highest BCUT2D eigenvalue weighted by molar-refractivity contribution is 7.65. The first-order chi connectivity index (χ1) is 12.7. The minimum Gasteiger partial charge on any atom is -0.496 e. The molecule has 0 N–H and O–H groups in total. The zero-order chi connectivity index (χ0) is 18.8. The molecule has 0 aliphatic rings. The molecule has 0 aliphatic carbocycles. The van der Waals surface area contributed by atoms with E-state index < -0.39 is 0 Å². The van der Waals surface area contributed by atoms with Crippen molar-refractivity contribution in [2.75, 3.05) is 14.2 Å². The first-order valence-corrected chi connectivity index (χ1v) is 10.8. The Morgan fingerprint density at radius 2 is 1.38 bits per heavy atom. The van der Waals surface area contributed by atoms with Gasteiger partial charge in [-0.05, 0) is 38.9 Å². The van der Waals surface area contributed by atoms with E-state index in [0.29, 0.717) is 17.2 Å². The Kier molecular flexibility index (Phi) is 8.81. The maximum absolute atomic E-state index is 5.47. The fourth-order valence-corrected chi connectivity index (χ4v) is 4.65. The number of nitrogens with zero attached hydrogens (tertiary/aromatic N) is 1. The second-order valence-electron chi connectivity index (χ2n) is 5.59. The molecule has 0 fully saturated rings. The fourth-order valence-electron chi connectivity index (χ4n) is 2.40. The van der Waals surface area contributed by atoms with Gasteiger partial charge in [-0.1, -0.05) is 58.8 Å². The zero-order valence-electron chi connectivity index (χ0n) is 15.9. The molecule has 0 heterocycles. The number of hydrogen-bond donors (Lipinski definition) is 0. The van der Waals surface area contributed by atoms with Crippen molar-refractivity contribution in [3.05, 3.63) is 60.0 Å². The van der Waals surface area contributed by atoms with Crippen LogP contribution in [0.4, 0.5) is 0 Å². The molecule has 0 saturated heterocycles. The van der Waals surface area contributed by atoms with E-state index >= 15 is 0 Å². The van der Waals surface area contributed by atoms with Gasteiger partial charge < -0.3 is 9.47 Å². The summed E-state index contributed by atoms with van der Waals surface area (Å²) in [5, 5.41) is 3.75. The Labute approximate surface area is 160 Å².